The molecule has 0 saturated heterocycles. The summed E-state index contributed by atoms with van der Waals surface area (Å²) in [6.07, 6.45) is 1.09. The topological polar surface area (TPSA) is 60.4 Å². The fourth-order valence-electron chi connectivity index (χ4n) is 1.10. The number of rotatable bonds is 3. The van der Waals surface area contributed by atoms with Crippen molar-refractivity contribution in [1.82, 2.24) is 0 Å². The molecule has 1 rings (SSSR count). The monoisotopic (exact) mass is 212 g/mol. The van der Waals surface area contributed by atoms with E-state index >= 15 is 0 Å². The summed E-state index contributed by atoms with van der Waals surface area (Å²) < 4.78 is 25.8. The lowest BCUT2D eigenvalue weighted by Gasteiger charge is -2.08. The lowest BCUT2D eigenvalue weighted by Crippen LogP contribution is -2.24. The third kappa shape index (κ3) is 2.10. The Labute approximate surface area is 75.3 Å². The van der Waals surface area contributed by atoms with Crippen LogP contribution in [0.25, 0.3) is 0 Å². The van der Waals surface area contributed by atoms with E-state index < -0.39 is 20.4 Å². The van der Waals surface area contributed by atoms with Crippen LogP contribution in [0.5, 0.6) is 0 Å². The molecule has 4 nitrogen and oxygen atoms in total. The molecule has 0 radical (unpaired) electrons. The summed E-state index contributed by atoms with van der Waals surface area (Å²) in [6, 6.07) is 0. The van der Waals surface area contributed by atoms with Crippen LogP contribution in [-0.4, -0.2) is 27.2 Å². The fraction of sp³-hybridized carbons (Fsp3) is 0.833. The van der Waals surface area contributed by atoms with Crippen molar-refractivity contribution in [3.05, 3.63) is 0 Å². The van der Waals surface area contributed by atoms with Gasteiger partial charge in [0.05, 0.1) is 18.3 Å². The standard InChI is InChI=1S/C6H9ClO4S/c1-11-5(8)6(2-3-6)4-12(7,9)10/h2-4H2,1H3. The molecule has 0 aromatic rings. The zero-order valence-electron chi connectivity index (χ0n) is 6.54. The molecule has 12 heavy (non-hydrogen) atoms. The van der Waals surface area contributed by atoms with E-state index in [0.717, 1.165) is 0 Å². The smallest absolute Gasteiger partial charge is 0.312 e. The minimum absolute atomic E-state index is 0.311. The third-order valence-electron chi connectivity index (χ3n) is 1.92. The summed E-state index contributed by atoms with van der Waals surface area (Å²) in [6.45, 7) is 0. The molecule has 0 bridgehead atoms. The first kappa shape index (κ1) is 9.80. The highest BCUT2D eigenvalue weighted by Gasteiger charge is 2.53. The van der Waals surface area contributed by atoms with Crippen molar-refractivity contribution in [2.24, 2.45) is 5.41 Å². The first-order valence-corrected chi connectivity index (χ1v) is 5.88. The van der Waals surface area contributed by atoms with E-state index in [1.165, 1.54) is 7.11 Å². The SMILES string of the molecule is COC(=O)C1(CS(=O)(=O)Cl)CC1. The van der Waals surface area contributed by atoms with Gasteiger partial charge in [-0.1, -0.05) is 0 Å². The number of carbonyl (C=O) groups is 1. The summed E-state index contributed by atoms with van der Waals surface area (Å²) in [5.41, 5.74) is -0.838. The van der Waals surface area contributed by atoms with Crippen LogP contribution in [0.1, 0.15) is 12.8 Å². The van der Waals surface area contributed by atoms with E-state index in [1.54, 1.807) is 0 Å². The molecule has 0 aromatic heterocycles. The van der Waals surface area contributed by atoms with Crippen molar-refractivity contribution < 1.29 is 17.9 Å². The van der Waals surface area contributed by atoms with Gasteiger partial charge in [0.15, 0.2) is 0 Å². The molecule has 1 saturated carbocycles. The molecule has 0 heterocycles. The normalized spacial score (nSPS) is 20.2. The molecule has 1 fully saturated rings. The van der Waals surface area contributed by atoms with Crippen molar-refractivity contribution in [3.63, 3.8) is 0 Å². The van der Waals surface area contributed by atoms with Crippen molar-refractivity contribution in [2.75, 3.05) is 12.9 Å². The van der Waals surface area contributed by atoms with Crippen molar-refractivity contribution in [2.45, 2.75) is 12.8 Å². The van der Waals surface area contributed by atoms with Crippen LogP contribution in [0.2, 0.25) is 0 Å². The Morgan fingerprint density at radius 1 is 1.58 bits per heavy atom. The molecule has 0 atom stereocenters. The zero-order valence-corrected chi connectivity index (χ0v) is 8.11. The maximum absolute atomic E-state index is 11.0. The predicted octanol–water partition coefficient (Wildman–Crippen LogP) is 0.508. The van der Waals surface area contributed by atoms with Crippen LogP contribution in [0.3, 0.4) is 0 Å². The molecule has 70 valence electrons. The summed E-state index contributed by atoms with van der Waals surface area (Å²) in [5.74, 6) is -0.791. The molecule has 0 spiro atoms. The Morgan fingerprint density at radius 3 is 2.33 bits per heavy atom. The number of hydrogen-bond acceptors (Lipinski definition) is 4. The average molecular weight is 213 g/mol. The maximum atomic E-state index is 11.0. The lowest BCUT2D eigenvalue weighted by molar-refractivity contribution is -0.146. The van der Waals surface area contributed by atoms with E-state index in [-0.39, 0.29) is 5.75 Å². The third-order valence-corrected chi connectivity index (χ3v) is 3.15. The summed E-state index contributed by atoms with van der Waals surface area (Å²) in [7, 11) is 2.66. The van der Waals surface area contributed by atoms with Gasteiger partial charge in [-0.3, -0.25) is 4.79 Å². The van der Waals surface area contributed by atoms with Gasteiger partial charge in [0.1, 0.15) is 0 Å². The maximum Gasteiger partial charge on any atom is 0.312 e. The molecule has 1 aliphatic rings. The van der Waals surface area contributed by atoms with Gasteiger partial charge in [-0.15, -0.1) is 0 Å². The summed E-state index contributed by atoms with van der Waals surface area (Å²) >= 11 is 0. The number of hydrogen-bond donors (Lipinski definition) is 0. The number of halogens is 1. The predicted molar refractivity (Wildman–Crippen MR) is 43.3 cm³/mol. The van der Waals surface area contributed by atoms with E-state index in [0.29, 0.717) is 12.8 Å². The molecule has 0 unspecified atom stereocenters. The van der Waals surface area contributed by atoms with Gasteiger partial charge in [-0.05, 0) is 12.8 Å². The molecular formula is C6H9ClO4S. The van der Waals surface area contributed by atoms with Gasteiger partial charge in [0, 0.05) is 10.7 Å². The van der Waals surface area contributed by atoms with Crippen LogP contribution in [-0.2, 0) is 18.6 Å². The Bertz CT molecular complexity index is 291. The van der Waals surface area contributed by atoms with Gasteiger partial charge in [0.25, 0.3) is 0 Å². The van der Waals surface area contributed by atoms with E-state index in [2.05, 4.69) is 4.74 Å². The Morgan fingerprint density at radius 2 is 2.08 bits per heavy atom. The van der Waals surface area contributed by atoms with Crippen LogP contribution in [0.4, 0.5) is 0 Å². The van der Waals surface area contributed by atoms with Gasteiger partial charge < -0.3 is 4.74 Å². The van der Waals surface area contributed by atoms with Gasteiger partial charge in [-0.2, -0.15) is 0 Å². The second kappa shape index (κ2) is 2.88. The summed E-state index contributed by atoms with van der Waals surface area (Å²) in [4.78, 5) is 11.0. The largest absolute Gasteiger partial charge is 0.469 e. The first-order valence-electron chi connectivity index (χ1n) is 3.40. The Kier molecular flexibility index (Phi) is 2.35. The molecule has 6 heteroatoms. The second-order valence-corrected chi connectivity index (χ2v) is 5.73. The number of carbonyl (C=O) groups excluding carboxylic acids is 1. The van der Waals surface area contributed by atoms with Gasteiger partial charge in [-0.25, -0.2) is 8.42 Å². The number of ether oxygens (including phenoxy) is 1. The average Bonchev–Trinajstić information content (AvgIpc) is 2.64. The molecule has 0 amide bonds. The van der Waals surface area contributed by atoms with E-state index in [1.807, 2.05) is 0 Å². The van der Waals surface area contributed by atoms with Crippen molar-refractivity contribution in [1.29, 1.82) is 0 Å². The highest BCUT2D eigenvalue weighted by molar-refractivity contribution is 8.13. The molecule has 1 aliphatic carbocycles. The lowest BCUT2D eigenvalue weighted by atomic mass is 10.1. The highest BCUT2D eigenvalue weighted by Crippen LogP contribution is 2.48. The van der Waals surface area contributed by atoms with Crippen LogP contribution in [0, 0.1) is 5.41 Å². The van der Waals surface area contributed by atoms with Gasteiger partial charge >= 0.3 is 5.97 Å². The number of methoxy groups -OCH3 is 1. The first-order chi connectivity index (χ1) is 5.40. The zero-order chi connectivity index (χ0) is 9.41. The van der Waals surface area contributed by atoms with Crippen LogP contribution < -0.4 is 0 Å². The highest BCUT2D eigenvalue weighted by atomic mass is 35.7. The number of esters is 1. The van der Waals surface area contributed by atoms with Crippen molar-refractivity contribution in [3.8, 4) is 0 Å². The van der Waals surface area contributed by atoms with Gasteiger partial charge in [0.2, 0.25) is 9.05 Å². The molecule has 0 N–H and O–H groups in total. The second-order valence-electron chi connectivity index (χ2n) is 2.96. The quantitative estimate of drug-likeness (QED) is 0.505. The minimum Gasteiger partial charge on any atom is -0.469 e. The van der Waals surface area contributed by atoms with E-state index in [9.17, 15) is 13.2 Å². The minimum atomic E-state index is -3.60. The van der Waals surface area contributed by atoms with Crippen LogP contribution >= 0.6 is 10.7 Å². The Hall–Kier alpha value is -0.290. The van der Waals surface area contributed by atoms with Crippen LogP contribution in [0.15, 0.2) is 0 Å². The van der Waals surface area contributed by atoms with E-state index in [4.69, 9.17) is 10.7 Å². The van der Waals surface area contributed by atoms with Crippen molar-refractivity contribution >= 4 is 25.7 Å². The fourth-order valence-corrected chi connectivity index (χ4v) is 2.80. The Balaban J connectivity index is 2.69. The molecule has 0 aromatic carbocycles. The summed E-state index contributed by atoms with van der Waals surface area (Å²) in [5, 5.41) is 0. The molecular weight excluding hydrogens is 204 g/mol. The molecule has 0 aliphatic heterocycles.